The highest BCUT2D eigenvalue weighted by atomic mass is 35.5. The third-order valence-corrected chi connectivity index (χ3v) is 5.31. The van der Waals surface area contributed by atoms with Crippen LogP contribution in [0.4, 0.5) is 15.6 Å². The van der Waals surface area contributed by atoms with Gasteiger partial charge in [0.15, 0.2) is 11.5 Å². The standard InChI is InChI=1S/C20H21ClN4O4S/c1-27-15-8-6-13(21)11-14(15)22-19(26)23-20-25-24-18(30-20)9-5-12-4-7-16(28-2)17(10-12)29-3/h4,6-8,10-11H,5,9H2,1-3H3,(H2,22,23,25,26). The second-order valence-electron chi connectivity index (χ2n) is 6.11. The van der Waals surface area contributed by atoms with Gasteiger partial charge in [-0.1, -0.05) is 29.0 Å². The highest BCUT2D eigenvalue weighted by Crippen LogP contribution is 2.29. The SMILES string of the molecule is COc1ccc(Cl)cc1NC(=O)Nc1nnc(CCc2ccc(OC)c(OC)c2)s1. The zero-order valence-corrected chi connectivity index (χ0v) is 18.3. The number of nitrogens with zero attached hydrogens (tertiary/aromatic N) is 2. The predicted molar refractivity (Wildman–Crippen MR) is 118 cm³/mol. The largest absolute Gasteiger partial charge is 0.495 e. The molecule has 0 radical (unpaired) electrons. The molecule has 1 heterocycles. The van der Waals surface area contributed by atoms with Crippen molar-refractivity contribution >= 4 is 39.8 Å². The van der Waals surface area contributed by atoms with Crippen molar-refractivity contribution in [2.24, 2.45) is 0 Å². The third-order valence-electron chi connectivity index (χ3n) is 4.17. The lowest BCUT2D eigenvalue weighted by atomic mass is 10.1. The summed E-state index contributed by atoms with van der Waals surface area (Å²) in [5.74, 6) is 1.87. The number of aromatic nitrogens is 2. The van der Waals surface area contributed by atoms with E-state index in [0.29, 0.717) is 39.5 Å². The van der Waals surface area contributed by atoms with E-state index in [1.54, 1.807) is 32.4 Å². The lowest BCUT2D eigenvalue weighted by Crippen LogP contribution is -2.19. The van der Waals surface area contributed by atoms with Crippen LogP contribution in [0.1, 0.15) is 10.6 Å². The summed E-state index contributed by atoms with van der Waals surface area (Å²) in [7, 11) is 4.72. The molecule has 1 aromatic heterocycles. The molecule has 0 fully saturated rings. The number of aryl methyl sites for hydroxylation is 2. The Labute approximate surface area is 183 Å². The summed E-state index contributed by atoms with van der Waals surface area (Å²) in [6, 6.07) is 10.3. The maximum Gasteiger partial charge on any atom is 0.325 e. The molecule has 0 bridgehead atoms. The number of rotatable bonds is 8. The number of amides is 2. The van der Waals surface area contributed by atoms with Gasteiger partial charge in [-0.2, -0.15) is 0 Å². The highest BCUT2D eigenvalue weighted by Gasteiger charge is 2.12. The Morgan fingerprint density at radius 3 is 2.40 bits per heavy atom. The molecule has 0 unspecified atom stereocenters. The van der Waals surface area contributed by atoms with E-state index in [-0.39, 0.29) is 0 Å². The first kappa shape index (κ1) is 21.7. The van der Waals surface area contributed by atoms with Gasteiger partial charge in [-0.3, -0.25) is 5.32 Å². The lowest BCUT2D eigenvalue weighted by Gasteiger charge is -2.10. The van der Waals surface area contributed by atoms with Crippen molar-refractivity contribution in [3.05, 3.63) is 52.0 Å². The number of methoxy groups -OCH3 is 3. The van der Waals surface area contributed by atoms with Gasteiger partial charge in [-0.25, -0.2) is 4.79 Å². The Morgan fingerprint density at radius 1 is 0.933 bits per heavy atom. The van der Waals surface area contributed by atoms with Gasteiger partial charge in [0.2, 0.25) is 5.13 Å². The van der Waals surface area contributed by atoms with Crippen LogP contribution < -0.4 is 24.8 Å². The minimum absolute atomic E-state index is 0.399. The number of hydrogen-bond acceptors (Lipinski definition) is 7. The van der Waals surface area contributed by atoms with Crippen molar-refractivity contribution in [2.75, 3.05) is 32.0 Å². The molecule has 0 saturated heterocycles. The van der Waals surface area contributed by atoms with Crippen LogP contribution in [-0.4, -0.2) is 37.6 Å². The van der Waals surface area contributed by atoms with Gasteiger partial charge in [-0.05, 0) is 42.3 Å². The van der Waals surface area contributed by atoms with Crippen molar-refractivity contribution in [1.29, 1.82) is 0 Å². The number of carbonyl (C=O) groups excluding carboxylic acids is 1. The first-order valence-electron chi connectivity index (χ1n) is 8.97. The number of urea groups is 1. The maximum absolute atomic E-state index is 12.3. The molecule has 0 aliphatic heterocycles. The molecule has 2 aromatic carbocycles. The van der Waals surface area contributed by atoms with E-state index in [4.69, 9.17) is 25.8 Å². The van der Waals surface area contributed by atoms with Crippen molar-refractivity contribution < 1.29 is 19.0 Å². The fourth-order valence-corrected chi connectivity index (χ4v) is 3.63. The number of carbonyl (C=O) groups is 1. The second kappa shape index (κ2) is 10.1. The van der Waals surface area contributed by atoms with Crippen LogP contribution in [0.25, 0.3) is 0 Å². The number of anilines is 2. The summed E-state index contributed by atoms with van der Waals surface area (Å²) in [5.41, 5.74) is 1.55. The van der Waals surface area contributed by atoms with Crippen molar-refractivity contribution in [3.63, 3.8) is 0 Å². The summed E-state index contributed by atoms with van der Waals surface area (Å²) in [6.45, 7) is 0. The summed E-state index contributed by atoms with van der Waals surface area (Å²) in [4.78, 5) is 12.3. The fourth-order valence-electron chi connectivity index (χ4n) is 2.72. The van der Waals surface area contributed by atoms with E-state index < -0.39 is 6.03 Å². The fraction of sp³-hybridized carbons (Fsp3) is 0.250. The normalized spacial score (nSPS) is 10.4. The maximum atomic E-state index is 12.3. The molecular weight excluding hydrogens is 428 g/mol. The topological polar surface area (TPSA) is 94.6 Å². The zero-order valence-electron chi connectivity index (χ0n) is 16.7. The van der Waals surface area contributed by atoms with Crippen LogP contribution in [0, 0.1) is 0 Å². The molecule has 0 atom stereocenters. The zero-order chi connectivity index (χ0) is 21.5. The van der Waals surface area contributed by atoms with E-state index in [1.807, 2.05) is 18.2 Å². The average Bonchev–Trinajstić information content (AvgIpc) is 3.19. The Bertz CT molecular complexity index is 1030. The number of halogens is 1. The molecule has 0 aliphatic carbocycles. The number of nitrogens with one attached hydrogen (secondary N) is 2. The Balaban J connectivity index is 1.57. The molecule has 2 N–H and O–H groups in total. The average molecular weight is 449 g/mol. The van der Waals surface area contributed by atoms with E-state index in [0.717, 1.165) is 17.0 Å². The molecule has 0 saturated carbocycles. The van der Waals surface area contributed by atoms with E-state index >= 15 is 0 Å². The molecule has 10 heteroatoms. The minimum Gasteiger partial charge on any atom is -0.495 e. The smallest absolute Gasteiger partial charge is 0.325 e. The van der Waals surface area contributed by atoms with Crippen LogP contribution in [0.2, 0.25) is 5.02 Å². The van der Waals surface area contributed by atoms with Crippen molar-refractivity contribution in [3.8, 4) is 17.2 Å². The van der Waals surface area contributed by atoms with Gasteiger partial charge in [0.05, 0.1) is 27.0 Å². The molecule has 3 rings (SSSR count). The number of ether oxygens (including phenoxy) is 3. The monoisotopic (exact) mass is 448 g/mol. The summed E-state index contributed by atoms with van der Waals surface area (Å²) in [5, 5.41) is 15.2. The number of hydrogen-bond donors (Lipinski definition) is 2. The molecule has 3 aromatic rings. The molecule has 0 aliphatic rings. The van der Waals surface area contributed by atoms with Gasteiger partial charge >= 0.3 is 6.03 Å². The van der Waals surface area contributed by atoms with Crippen molar-refractivity contribution in [2.45, 2.75) is 12.8 Å². The predicted octanol–water partition coefficient (Wildman–Crippen LogP) is 4.65. The van der Waals surface area contributed by atoms with E-state index in [9.17, 15) is 4.79 Å². The summed E-state index contributed by atoms with van der Waals surface area (Å²) < 4.78 is 15.8. The molecular formula is C20H21ClN4O4S. The highest BCUT2D eigenvalue weighted by molar-refractivity contribution is 7.15. The molecule has 0 spiro atoms. The van der Waals surface area contributed by atoms with Crippen LogP contribution in [0.15, 0.2) is 36.4 Å². The first-order chi connectivity index (χ1) is 14.5. The second-order valence-corrected chi connectivity index (χ2v) is 7.61. The van der Waals surface area contributed by atoms with E-state index in [1.165, 1.54) is 18.4 Å². The quantitative estimate of drug-likeness (QED) is 0.521. The lowest BCUT2D eigenvalue weighted by molar-refractivity contribution is 0.262. The molecule has 158 valence electrons. The van der Waals surface area contributed by atoms with Gasteiger partial charge in [0, 0.05) is 11.4 Å². The van der Waals surface area contributed by atoms with Crippen LogP contribution >= 0.6 is 22.9 Å². The van der Waals surface area contributed by atoms with Gasteiger partial charge < -0.3 is 19.5 Å². The van der Waals surface area contributed by atoms with Crippen LogP contribution in [0.5, 0.6) is 17.2 Å². The molecule has 30 heavy (non-hydrogen) atoms. The Morgan fingerprint density at radius 2 is 1.67 bits per heavy atom. The van der Waals surface area contributed by atoms with E-state index in [2.05, 4.69) is 20.8 Å². The van der Waals surface area contributed by atoms with Crippen LogP contribution in [-0.2, 0) is 12.8 Å². The molecule has 8 nitrogen and oxygen atoms in total. The first-order valence-corrected chi connectivity index (χ1v) is 10.2. The Kier molecular flexibility index (Phi) is 7.31. The summed E-state index contributed by atoms with van der Waals surface area (Å²) in [6.07, 6.45) is 1.43. The van der Waals surface area contributed by atoms with Crippen molar-refractivity contribution in [1.82, 2.24) is 10.2 Å². The van der Waals surface area contributed by atoms with Crippen LogP contribution in [0.3, 0.4) is 0 Å². The minimum atomic E-state index is -0.460. The van der Waals surface area contributed by atoms with Gasteiger partial charge in [0.1, 0.15) is 10.8 Å². The van der Waals surface area contributed by atoms with Gasteiger partial charge in [0.25, 0.3) is 0 Å². The number of benzene rings is 2. The summed E-state index contributed by atoms with van der Waals surface area (Å²) >= 11 is 7.29. The Hall–Kier alpha value is -3.04. The van der Waals surface area contributed by atoms with Gasteiger partial charge in [-0.15, -0.1) is 10.2 Å². The third kappa shape index (κ3) is 5.52. The molecule has 2 amide bonds.